The van der Waals surface area contributed by atoms with Crippen molar-refractivity contribution in [2.45, 2.75) is 32.2 Å². The van der Waals surface area contributed by atoms with Crippen LogP contribution in [0.3, 0.4) is 0 Å². The number of aromatic nitrogens is 3. The first-order valence-electron chi connectivity index (χ1n) is 9.11. The third-order valence-electron chi connectivity index (χ3n) is 4.75. The van der Waals surface area contributed by atoms with Gasteiger partial charge in [-0.15, -0.1) is 0 Å². The van der Waals surface area contributed by atoms with Crippen LogP contribution in [0.2, 0.25) is 5.02 Å². The van der Waals surface area contributed by atoms with E-state index in [4.69, 9.17) is 21.8 Å². The smallest absolute Gasteiger partial charge is 0.273 e. The second-order valence-electron chi connectivity index (χ2n) is 6.88. The molecule has 1 fully saturated rings. The van der Waals surface area contributed by atoms with Gasteiger partial charge in [0.15, 0.2) is 0 Å². The van der Waals surface area contributed by atoms with Crippen molar-refractivity contribution in [3.8, 4) is 0 Å². The van der Waals surface area contributed by atoms with E-state index in [2.05, 4.69) is 15.0 Å². The highest BCUT2D eigenvalue weighted by molar-refractivity contribution is 6.30. The minimum absolute atomic E-state index is 0.0977. The van der Waals surface area contributed by atoms with E-state index in [0.29, 0.717) is 35.3 Å². The number of anilines is 1. The van der Waals surface area contributed by atoms with E-state index < -0.39 is 0 Å². The molecule has 0 spiro atoms. The number of benzene rings is 1. The maximum Gasteiger partial charge on any atom is 0.273 e. The molecule has 0 aliphatic carbocycles. The second-order valence-corrected chi connectivity index (χ2v) is 7.31. The molecule has 3 aromatic rings. The molecule has 0 saturated carbocycles. The summed E-state index contributed by atoms with van der Waals surface area (Å²) in [6.07, 6.45) is 4.02. The quantitative estimate of drug-likeness (QED) is 0.722. The normalized spacial score (nSPS) is 16.5. The first-order valence-corrected chi connectivity index (χ1v) is 9.48. The van der Waals surface area contributed by atoms with Gasteiger partial charge in [0.05, 0.1) is 6.20 Å². The van der Waals surface area contributed by atoms with Crippen LogP contribution in [0.4, 0.5) is 5.95 Å². The van der Waals surface area contributed by atoms with Gasteiger partial charge >= 0.3 is 0 Å². The molecule has 7 nitrogen and oxygen atoms in total. The van der Waals surface area contributed by atoms with E-state index in [9.17, 15) is 4.79 Å². The summed E-state index contributed by atoms with van der Waals surface area (Å²) < 4.78 is 5.97. The Morgan fingerprint density at radius 2 is 2.11 bits per heavy atom. The van der Waals surface area contributed by atoms with Gasteiger partial charge in [-0.2, -0.15) is 0 Å². The second kappa shape index (κ2) is 7.59. The zero-order valence-corrected chi connectivity index (χ0v) is 16.2. The molecule has 0 unspecified atom stereocenters. The maximum atomic E-state index is 13.0. The molecule has 28 heavy (non-hydrogen) atoms. The minimum Gasteiger partial charge on any atom is -0.443 e. The van der Waals surface area contributed by atoms with Crippen molar-refractivity contribution in [3.63, 3.8) is 0 Å². The predicted octanol–water partition coefficient (Wildman–Crippen LogP) is 3.58. The van der Waals surface area contributed by atoms with Crippen molar-refractivity contribution in [1.29, 1.82) is 0 Å². The molecule has 3 heterocycles. The third kappa shape index (κ3) is 3.84. The molecule has 0 radical (unpaired) electrons. The molecule has 1 saturated heterocycles. The first kappa shape index (κ1) is 18.4. The van der Waals surface area contributed by atoms with E-state index in [0.717, 1.165) is 24.2 Å². The number of hydrogen-bond acceptors (Lipinski definition) is 6. The Balaban J connectivity index is 1.52. The Morgan fingerprint density at radius 1 is 1.32 bits per heavy atom. The fourth-order valence-electron chi connectivity index (χ4n) is 3.48. The molecule has 1 aliphatic heterocycles. The van der Waals surface area contributed by atoms with Crippen LogP contribution >= 0.6 is 11.6 Å². The Kier molecular flexibility index (Phi) is 5.00. The molecular weight excluding hydrogens is 378 g/mol. The molecule has 2 N–H and O–H groups in total. The summed E-state index contributed by atoms with van der Waals surface area (Å²) in [5.41, 5.74) is 7.73. The van der Waals surface area contributed by atoms with Crippen molar-refractivity contribution in [3.05, 3.63) is 70.2 Å². The summed E-state index contributed by atoms with van der Waals surface area (Å²) in [6.45, 7) is 2.41. The maximum absolute atomic E-state index is 13.0. The van der Waals surface area contributed by atoms with Crippen LogP contribution in [0, 0.1) is 6.92 Å². The SMILES string of the molecule is Cc1cc(C(=O)N2CCC[C@@H]2c2ncc(Cc3ccc(Cl)cc3)o2)nc(N)n1. The van der Waals surface area contributed by atoms with E-state index >= 15 is 0 Å². The number of carbonyl (C=O) groups excluding carboxylic acids is 1. The number of hydrogen-bond donors (Lipinski definition) is 1. The fourth-order valence-corrected chi connectivity index (χ4v) is 3.60. The van der Waals surface area contributed by atoms with Gasteiger partial charge in [0, 0.05) is 23.7 Å². The number of nitrogen functional groups attached to an aromatic ring is 1. The van der Waals surface area contributed by atoms with Crippen molar-refractivity contribution >= 4 is 23.5 Å². The van der Waals surface area contributed by atoms with Gasteiger partial charge in [0.2, 0.25) is 11.8 Å². The molecule has 8 heteroatoms. The van der Waals surface area contributed by atoms with Crippen LogP contribution < -0.4 is 5.73 Å². The third-order valence-corrected chi connectivity index (χ3v) is 5.00. The average molecular weight is 398 g/mol. The van der Waals surface area contributed by atoms with E-state index in [-0.39, 0.29) is 17.9 Å². The predicted molar refractivity (Wildman–Crippen MR) is 105 cm³/mol. The van der Waals surface area contributed by atoms with Crippen LogP contribution in [-0.2, 0) is 6.42 Å². The van der Waals surface area contributed by atoms with Gasteiger partial charge in [0.1, 0.15) is 17.5 Å². The van der Waals surface area contributed by atoms with Crippen LogP contribution in [-0.4, -0.2) is 32.3 Å². The Bertz CT molecular complexity index is 982. The van der Waals surface area contributed by atoms with Gasteiger partial charge in [-0.1, -0.05) is 23.7 Å². The lowest BCUT2D eigenvalue weighted by Gasteiger charge is -2.22. The number of rotatable bonds is 4. The van der Waals surface area contributed by atoms with Crippen LogP contribution in [0.25, 0.3) is 0 Å². The molecule has 144 valence electrons. The summed E-state index contributed by atoms with van der Waals surface area (Å²) in [5.74, 6) is 1.21. The summed E-state index contributed by atoms with van der Waals surface area (Å²) in [5, 5.41) is 0.697. The van der Waals surface area contributed by atoms with Gasteiger partial charge in [-0.05, 0) is 43.5 Å². The monoisotopic (exact) mass is 397 g/mol. The van der Waals surface area contributed by atoms with Gasteiger partial charge in [0.25, 0.3) is 5.91 Å². The van der Waals surface area contributed by atoms with Crippen LogP contribution in [0.1, 0.15) is 52.3 Å². The average Bonchev–Trinajstić information content (AvgIpc) is 3.31. The van der Waals surface area contributed by atoms with E-state index in [1.165, 1.54) is 0 Å². The summed E-state index contributed by atoms with van der Waals surface area (Å²) in [7, 11) is 0. The van der Waals surface area contributed by atoms with Gasteiger partial charge < -0.3 is 15.1 Å². The number of amides is 1. The topological polar surface area (TPSA) is 98.1 Å². The zero-order valence-electron chi connectivity index (χ0n) is 15.4. The molecule has 1 aliphatic rings. The lowest BCUT2D eigenvalue weighted by molar-refractivity contribution is 0.0708. The van der Waals surface area contributed by atoms with Crippen molar-refractivity contribution in [2.75, 3.05) is 12.3 Å². The molecule has 0 bridgehead atoms. The largest absolute Gasteiger partial charge is 0.443 e. The number of aryl methyl sites for hydroxylation is 1. The minimum atomic E-state index is -0.206. The summed E-state index contributed by atoms with van der Waals surface area (Å²) >= 11 is 5.93. The molecular formula is C20H20ClN5O2. The molecule has 1 amide bonds. The number of carbonyl (C=O) groups is 1. The Morgan fingerprint density at radius 3 is 2.86 bits per heavy atom. The summed E-state index contributed by atoms with van der Waals surface area (Å²) in [4.78, 5) is 27.3. The fraction of sp³-hybridized carbons (Fsp3) is 0.300. The highest BCUT2D eigenvalue weighted by Crippen LogP contribution is 2.33. The van der Waals surface area contributed by atoms with Gasteiger partial charge in [-0.25, -0.2) is 15.0 Å². The van der Waals surface area contributed by atoms with E-state index in [1.54, 1.807) is 24.1 Å². The standard InChI is InChI=1S/C20H20ClN5O2/c1-12-9-16(25-20(22)24-12)19(27)26-8-2-3-17(26)18-23-11-15(28-18)10-13-4-6-14(21)7-5-13/h4-7,9,11,17H,2-3,8,10H2,1H3,(H2,22,24,25)/t17-/m1/s1. The summed E-state index contributed by atoms with van der Waals surface area (Å²) in [6, 6.07) is 9.05. The number of oxazole rings is 1. The molecule has 2 aromatic heterocycles. The number of likely N-dealkylation sites (tertiary alicyclic amines) is 1. The highest BCUT2D eigenvalue weighted by atomic mass is 35.5. The Labute approximate surface area is 167 Å². The van der Waals surface area contributed by atoms with E-state index in [1.807, 2.05) is 24.3 Å². The van der Waals surface area contributed by atoms with Crippen molar-refractivity contribution in [1.82, 2.24) is 19.9 Å². The van der Waals surface area contributed by atoms with Gasteiger partial charge in [-0.3, -0.25) is 4.79 Å². The number of halogens is 1. The highest BCUT2D eigenvalue weighted by Gasteiger charge is 2.34. The van der Waals surface area contributed by atoms with Crippen LogP contribution in [0.15, 0.2) is 40.9 Å². The molecule has 1 atom stereocenters. The lowest BCUT2D eigenvalue weighted by Crippen LogP contribution is -2.31. The molecule has 1 aromatic carbocycles. The Hall–Kier alpha value is -2.93. The zero-order chi connectivity index (χ0) is 19.7. The lowest BCUT2D eigenvalue weighted by atomic mass is 10.1. The number of nitrogens with two attached hydrogens (primary N) is 1. The van der Waals surface area contributed by atoms with Crippen LogP contribution in [0.5, 0.6) is 0 Å². The number of nitrogens with zero attached hydrogens (tertiary/aromatic N) is 4. The van der Waals surface area contributed by atoms with Crippen molar-refractivity contribution < 1.29 is 9.21 Å². The molecule has 4 rings (SSSR count). The first-order chi connectivity index (χ1) is 13.5. The van der Waals surface area contributed by atoms with Crippen molar-refractivity contribution in [2.24, 2.45) is 0 Å².